The molecule has 0 amide bonds. The van der Waals surface area contributed by atoms with Gasteiger partial charge in [-0.05, 0) is 6.92 Å². The Morgan fingerprint density at radius 1 is 1.35 bits per heavy atom. The second-order valence-corrected chi connectivity index (χ2v) is 6.38. The zero-order valence-electron chi connectivity index (χ0n) is 13.3. The van der Waals surface area contributed by atoms with Crippen LogP contribution in [0.5, 0.6) is 0 Å². The van der Waals surface area contributed by atoms with Gasteiger partial charge >= 0.3 is 6.18 Å². The fourth-order valence-electron chi connectivity index (χ4n) is 2.90. The predicted molar refractivity (Wildman–Crippen MR) is 79.8 cm³/mol. The third kappa shape index (κ3) is 2.67. The zero-order valence-corrected chi connectivity index (χ0v) is 13.3. The van der Waals surface area contributed by atoms with Gasteiger partial charge in [0.15, 0.2) is 5.69 Å². The quantitative estimate of drug-likeness (QED) is 0.718. The largest absolute Gasteiger partial charge is 0.434 e. The first-order valence-corrected chi connectivity index (χ1v) is 7.66. The molecule has 1 aliphatic rings. The minimum Gasteiger partial charge on any atom is -0.328 e. The maximum Gasteiger partial charge on any atom is 0.434 e. The van der Waals surface area contributed by atoms with Crippen LogP contribution in [0.2, 0.25) is 0 Å². The number of aryl methyl sites for hydroxylation is 1. The Morgan fingerprint density at radius 2 is 2.04 bits per heavy atom. The average Bonchev–Trinajstić information content (AvgIpc) is 2.90. The van der Waals surface area contributed by atoms with E-state index in [0.29, 0.717) is 5.69 Å². The summed E-state index contributed by atoms with van der Waals surface area (Å²) in [6, 6.07) is 0. The van der Waals surface area contributed by atoms with E-state index < -0.39 is 34.8 Å². The summed E-state index contributed by atoms with van der Waals surface area (Å²) in [5.74, 6) is -3.90. The molecule has 3 heterocycles. The molecule has 0 radical (unpaired) electrons. The van der Waals surface area contributed by atoms with Gasteiger partial charge in [0.05, 0.1) is 11.8 Å². The minimum absolute atomic E-state index is 0.118. The fraction of sp³-hybridized carbons (Fsp3) is 0.400. The predicted octanol–water partition coefficient (Wildman–Crippen LogP) is 2.87. The number of hydrogen-bond donors (Lipinski definition) is 1. The van der Waals surface area contributed by atoms with Crippen molar-refractivity contribution in [1.29, 1.82) is 0 Å². The van der Waals surface area contributed by atoms with Crippen LogP contribution < -0.4 is 5.56 Å². The van der Waals surface area contributed by atoms with Crippen LogP contribution in [-0.4, -0.2) is 30.1 Å². The van der Waals surface area contributed by atoms with E-state index in [2.05, 4.69) is 15.1 Å². The van der Waals surface area contributed by atoms with Gasteiger partial charge in [-0.15, -0.1) is 0 Å². The Hall–Kier alpha value is -2.72. The highest BCUT2D eigenvalue weighted by atomic mass is 19.4. The molecule has 3 aromatic rings. The summed E-state index contributed by atoms with van der Waals surface area (Å²) in [4.78, 5) is 18.7. The van der Waals surface area contributed by atoms with Crippen LogP contribution >= 0.6 is 0 Å². The molecule has 138 valence electrons. The van der Waals surface area contributed by atoms with Crippen molar-refractivity contribution in [3.63, 3.8) is 0 Å². The third-order valence-corrected chi connectivity index (χ3v) is 4.30. The normalized spacial score (nSPS) is 19.2. The number of H-pyrrole nitrogens is 1. The topological polar surface area (TPSA) is 68.0 Å². The lowest BCUT2D eigenvalue weighted by Gasteiger charge is -2.10. The molecule has 0 aliphatic heterocycles. The Labute approximate surface area is 142 Å². The monoisotopic (exact) mass is 373 g/mol. The molecule has 0 aromatic carbocycles. The third-order valence-electron chi connectivity index (χ3n) is 4.30. The van der Waals surface area contributed by atoms with E-state index in [4.69, 9.17) is 0 Å². The Balaban J connectivity index is 1.84. The highest BCUT2D eigenvalue weighted by Crippen LogP contribution is 2.49. The molecule has 1 saturated carbocycles. The molecule has 11 heteroatoms. The lowest BCUT2D eigenvalue weighted by Crippen LogP contribution is -2.23. The first-order chi connectivity index (χ1) is 12.1. The summed E-state index contributed by atoms with van der Waals surface area (Å²) in [6.45, 7) is 1.45. The van der Waals surface area contributed by atoms with Gasteiger partial charge in [0, 0.05) is 42.5 Å². The number of hydrogen-bond acceptors (Lipinski definition) is 3. The van der Waals surface area contributed by atoms with Crippen molar-refractivity contribution in [1.82, 2.24) is 24.1 Å². The number of halogens is 5. The van der Waals surface area contributed by atoms with E-state index >= 15 is 0 Å². The highest BCUT2D eigenvalue weighted by Gasteiger charge is 2.56. The van der Waals surface area contributed by atoms with Gasteiger partial charge in [0.25, 0.3) is 11.5 Å². The Morgan fingerprint density at radius 3 is 2.65 bits per heavy atom. The van der Waals surface area contributed by atoms with Crippen molar-refractivity contribution < 1.29 is 22.0 Å². The van der Waals surface area contributed by atoms with Crippen LogP contribution in [0.4, 0.5) is 22.0 Å². The summed E-state index contributed by atoms with van der Waals surface area (Å²) in [5, 5.41) is 3.82. The Bertz CT molecular complexity index is 1060. The van der Waals surface area contributed by atoms with Crippen LogP contribution in [0.25, 0.3) is 16.9 Å². The van der Waals surface area contributed by atoms with Crippen molar-refractivity contribution in [2.45, 2.75) is 32.0 Å². The maximum absolute atomic E-state index is 13.4. The summed E-state index contributed by atoms with van der Waals surface area (Å²) in [7, 11) is 0. The molecule has 26 heavy (non-hydrogen) atoms. The molecule has 0 saturated heterocycles. The molecule has 1 unspecified atom stereocenters. The van der Waals surface area contributed by atoms with Gasteiger partial charge in [-0.2, -0.15) is 18.3 Å². The van der Waals surface area contributed by atoms with Crippen LogP contribution in [0.15, 0.2) is 23.4 Å². The number of nitrogens with one attached hydrogen (secondary N) is 1. The molecule has 1 atom stereocenters. The second-order valence-electron chi connectivity index (χ2n) is 6.38. The smallest absolute Gasteiger partial charge is 0.328 e. The van der Waals surface area contributed by atoms with Crippen molar-refractivity contribution in [2.24, 2.45) is 5.92 Å². The van der Waals surface area contributed by atoms with Crippen molar-refractivity contribution >= 4 is 5.78 Å². The molecule has 0 spiro atoms. The molecule has 1 fully saturated rings. The molecule has 3 aromatic heterocycles. The fourth-order valence-corrected chi connectivity index (χ4v) is 2.90. The number of alkyl halides is 5. The lowest BCUT2D eigenvalue weighted by atomic mass is 10.1. The molecule has 1 aliphatic carbocycles. The number of aromatic amines is 1. The second kappa shape index (κ2) is 5.15. The zero-order chi connectivity index (χ0) is 18.9. The Kier molecular flexibility index (Phi) is 3.31. The van der Waals surface area contributed by atoms with E-state index in [-0.39, 0.29) is 24.3 Å². The van der Waals surface area contributed by atoms with E-state index in [1.807, 2.05) is 0 Å². The van der Waals surface area contributed by atoms with E-state index in [1.54, 1.807) is 6.92 Å². The van der Waals surface area contributed by atoms with Gasteiger partial charge in [-0.25, -0.2) is 13.8 Å². The summed E-state index contributed by atoms with van der Waals surface area (Å²) in [6.07, 6.45) is -1.60. The standard InChI is InChI=1S/C15H12F5N5O/c1-7-4-25-12(26)10(11(15(18,19)20)23-13(25)22-7)8-3-21-24(5-8)6-9-2-14(9,16)17/h3-5,9H,2,6H2,1H3,(H,22,23). The van der Waals surface area contributed by atoms with Gasteiger partial charge in [-0.1, -0.05) is 0 Å². The first-order valence-electron chi connectivity index (χ1n) is 7.66. The first kappa shape index (κ1) is 16.7. The van der Waals surface area contributed by atoms with Gasteiger partial charge < -0.3 is 4.98 Å². The highest BCUT2D eigenvalue weighted by molar-refractivity contribution is 5.65. The number of rotatable bonds is 3. The molecule has 1 N–H and O–H groups in total. The van der Waals surface area contributed by atoms with Gasteiger partial charge in [0.1, 0.15) is 0 Å². The SMILES string of the molecule is Cc1cn2c(=O)c(-c3cnn(CC4CC4(F)F)c3)c(C(F)(F)F)nc2[nH]1. The number of nitrogens with zero attached hydrogens (tertiary/aromatic N) is 4. The summed E-state index contributed by atoms with van der Waals surface area (Å²) < 4.78 is 68.4. The molecule has 4 rings (SSSR count). The molecule has 6 nitrogen and oxygen atoms in total. The number of fused-ring (bicyclic) bond motifs is 1. The lowest BCUT2D eigenvalue weighted by molar-refractivity contribution is -0.140. The van der Waals surface area contributed by atoms with Crippen molar-refractivity contribution in [3.05, 3.63) is 40.3 Å². The summed E-state index contributed by atoms with van der Waals surface area (Å²) >= 11 is 0. The maximum atomic E-state index is 13.4. The van der Waals surface area contributed by atoms with Crippen LogP contribution in [0, 0.1) is 12.8 Å². The number of aromatic nitrogens is 5. The van der Waals surface area contributed by atoms with Crippen LogP contribution in [-0.2, 0) is 12.7 Å². The van der Waals surface area contributed by atoms with Gasteiger partial charge in [0.2, 0.25) is 5.78 Å². The number of imidazole rings is 1. The molecular weight excluding hydrogens is 361 g/mol. The average molecular weight is 373 g/mol. The van der Waals surface area contributed by atoms with Crippen molar-refractivity contribution in [2.75, 3.05) is 0 Å². The van der Waals surface area contributed by atoms with Crippen LogP contribution in [0.1, 0.15) is 17.8 Å². The van der Waals surface area contributed by atoms with Gasteiger partial charge in [-0.3, -0.25) is 13.9 Å². The molecular formula is C15H12F5N5O. The molecule has 0 bridgehead atoms. The van der Waals surface area contributed by atoms with E-state index in [9.17, 15) is 26.7 Å². The van der Waals surface area contributed by atoms with Crippen molar-refractivity contribution in [3.8, 4) is 11.1 Å². The minimum atomic E-state index is -4.87. The van der Waals surface area contributed by atoms with E-state index in [1.165, 1.54) is 6.20 Å². The summed E-state index contributed by atoms with van der Waals surface area (Å²) in [5.41, 5.74) is -2.58. The van der Waals surface area contributed by atoms with E-state index in [0.717, 1.165) is 21.5 Å². The van der Waals surface area contributed by atoms with Crippen LogP contribution in [0.3, 0.4) is 0 Å².